The average molecular weight is 380 g/mol. The molecule has 1 fully saturated rings. The van der Waals surface area contributed by atoms with Gasteiger partial charge in [0.15, 0.2) is 0 Å². The summed E-state index contributed by atoms with van der Waals surface area (Å²) in [7, 11) is 1.56. The Kier molecular flexibility index (Phi) is 4.76. The summed E-state index contributed by atoms with van der Waals surface area (Å²) in [5.74, 6) is 6.46. The van der Waals surface area contributed by atoms with E-state index in [0.717, 1.165) is 4.48 Å². The van der Waals surface area contributed by atoms with Crippen molar-refractivity contribution in [1.29, 1.82) is 0 Å². The molecule has 3 rings (SSSR count). The molecule has 23 heavy (non-hydrogen) atoms. The second kappa shape index (κ2) is 6.63. The van der Waals surface area contributed by atoms with E-state index in [0.29, 0.717) is 17.8 Å². The van der Waals surface area contributed by atoms with Crippen LogP contribution in [0, 0.1) is 11.8 Å². The van der Waals surface area contributed by atoms with Crippen LogP contribution in [0.4, 0.5) is 5.82 Å². The molecule has 2 aliphatic rings. The predicted octanol–water partition coefficient (Wildman–Crippen LogP) is -1.81. The summed E-state index contributed by atoms with van der Waals surface area (Å²) in [6.45, 7) is -0.0271. The van der Waals surface area contributed by atoms with Crippen molar-refractivity contribution in [3.63, 3.8) is 0 Å². The number of ether oxygens (including phenoxy) is 2. The molecule has 5 unspecified atom stereocenters. The molecule has 0 bridgehead atoms. The number of aromatic nitrogens is 2. The first-order valence-corrected chi connectivity index (χ1v) is 8.30. The van der Waals surface area contributed by atoms with Crippen molar-refractivity contribution < 1.29 is 19.7 Å². The van der Waals surface area contributed by atoms with Crippen LogP contribution in [0.15, 0.2) is 16.6 Å². The molecule has 122 valence electrons. The van der Waals surface area contributed by atoms with Crippen molar-refractivity contribution in [3.05, 3.63) is 11.9 Å². The van der Waals surface area contributed by atoms with Crippen molar-refractivity contribution in [2.45, 2.75) is 30.3 Å². The number of hydrogen-bond donors (Lipinski definition) is 2. The summed E-state index contributed by atoms with van der Waals surface area (Å²) in [5, 5.41) is 27.9. The maximum absolute atomic E-state index is 10.1. The molecule has 0 amide bonds. The van der Waals surface area contributed by atoms with Crippen LogP contribution in [0.3, 0.4) is 0 Å². The van der Waals surface area contributed by atoms with Crippen LogP contribution in [0.5, 0.6) is 0 Å². The zero-order valence-corrected chi connectivity index (χ0v) is 14.9. The normalized spacial score (nSPS) is 31.7. The molecule has 0 aromatic carbocycles. The SMILES string of the molecule is COCC#CC1(C2CC(O)C(CO)O2)N=Nc2ncnc([AsH2])c21. The third kappa shape index (κ3) is 2.80. The molecule has 0 saturated carbocycles. The summed E-state index contributed by atoms with van der Waals surface area (Å²) < 4.78 is 11.6. The van der Waals surface area contributed by atoms with Crippen LogP contribution in [-0.2, 0) is 15.0 Å². The van der Waals surface area contributed by atoms with Gasteiger partial charge in [-0.3, -0.25) is 0 Å². The van der Waals surface area contributed by atoms with Gasteiger partial charge in [-0.2, -0.15) is 0 Å². The summed E-state index contributed by atoms with van der Waals surface area (Å²) in [6, 6.07) is 0. The van der Waals surface area contributed by atoms with Crippen LogP contribution < -0.4 is 4.48 Å². The van der Waals surface area contributed by atoms with E-state index in [9.17, 15) is 10.2 Å². The minimum absolute atomic E-state index is 0.239. The third-order valence-electron chi connectivity index (χ3n) is 3.91. The fourth-order valence-corrected chi connectivity index (χ4v) is 3.68. The van der Waals surface area contributed by atoms with Crippen molar-refractivity contribution >= 4 is 27.2 Å². The van der Waals surface area contributed by atoms with Gasteiger partial charge in [0.2, 0.25) is 0 Å². The van der Waals surface area contributed by atoms with E-state index in [1.54, 1.807) is 7.11 Å². The Morgan fingerprint density at radius 2 is 2.35 bits per heavy atom. The van der Waals surface area contributed by atoms with Crippen LogP contribution in [0.25, 0.3) is 0 Å². The molecule has 0 spiro atoms. The van der Waals surface area contributed by atoms with Crippen molar-refractivity contribution in [3.8, 4) is 11.8 Å². The molecule has 5 atom stereocenters. The zero-order chi connectivity index (χ0) is 16.4. The van der Waals surface area contributed by atoms with Crippen LogP contribution in [0.2, 0.25) is 0 Å². The maximum atomic E-state index is 10.1. The van der Waals surface area contributed by atoms with Crippen LogP contribution in [0.1, 0.15) is 12.0 Å². The molecule has 2 aliphatic heterocycles. The first-order valence-electron chi connectivity index (χ1n) is 7.09. The molecule has 3 heterocycles. The monoisotopic (exact) mass is 380 g/mol. The van der Waals surface area contributed by atoms with Crippen molar-refractivity contribution in [1.82, 2.24) is 9.97 Å². The van der Waals surface area contributed by atoms with E-state index in [1.807, 2.05) is 0 Å². The van der Waals surface area contributed by atoms with E-state index in [4.69, 9.17) is 9.47 Å². The van der Waals surface area contributed by atoms with Gasteiger partial charge in [-0.05, 0) is 0 Å². The Balaban J connectivity index is 2.06. The Morgan fingerprint density at radius 1 is 1.52 bits per heavy atom. The summed E-state index contributed by atoms with van der Waals surface area (Å²) >= 11 is 1.31. The number of aliphatic hydroxyl groups excluding tert-OH is 2. The molecule has 9 heteroatoms. The Labute approximate surface area is 141 Å². The molecule has 8 nitrogen and oxygen atoms in total. The Morgan fingerprint density at radius 3 is 3.04 bits per heavy atom. The Bertz CT molecular complexity index is 689. The van der Waals surface area contributed by atoms with Gasteiger partial charge in [-0.25, -0.2) is 0 Å². The molecule has 0 aliphatic carbocycles. The van der Waals surface area contributed by atoms with Gasteiger partial charge in [-0.1, -0.05) is 0 Å². The van der Waals surface area contributed by atoms with E-state index >= 15 is 0 Å². The van der Waals surface area contributed by atoms with Crippen LogP contribution in [-0.4, -0.2) is 75.7 Å². The number of rotatable bonds is 3. The minimum atomic E-state index is -1.08. The van der Waals surface area contributed by atoms with Gasteiger partial charge in [-0.15, -0.1) is 0 Å². The van der Waals surface area contributed by atoms with Gasteiger partial charge in [0.25, 0.3) is 0 Å². The fraction of sp³-hybridized carbons (Fsp3) is 0.571. The molecular weight excluding hydrogens is 363 g/mol. The summed E-state index contributed by atoms with van der Waals surface area (Å²) in [6.07, 6.45) is -0.234. The van der Waals surface area contributed by atoms with Crippen molar-refractivity contribution in [2.24, 2.45) is 10.2 Å². The van der Waals surface area contributed by atoms with Gasteiger partial charge < -0.3 is 0 Å². The first-order chi connectivity index (χ1) is 11.1. The van der Waals surface area contributed by atoms with E-state index in [-0.39, 0.29) is 13.2 Å². The number of hydrogen-bond acceptors (Lipinski definition) is 8. The summed E-state index contributed by atoms with van der Waals surface area (Å²) in [5.41, 5.74) is -0.370. The number of nitrogens with zero attached hydrogens (tertiary/aromatic N) is 4. The second-order valence-corrected chi connectivity index (χ2v) is 6.45. The average Bonchev–Trinajstić information content (AvgIpc) is 3.10. The molecule has 1 aromatic rings. The first kappa shape index (κ1) is 16.5. The molecule has 0 radical (unpaired) electrons. The number of methoxy groups -OCH3 is 1. The number of fused-ring (bicyclic) bond motifs is 1. The zero-order valence-electron chi connectivity index (χ0n) is 12.5. The van der Waals surface area contributed by atoms with Gasteiger partial charge in [0, 0.05) is 0 Å². The molecule has 2 N–H and O–H groups in total. The van der Waals surface area contributed by atoms with Gasteiger partial charge in [0.1, 0.15) is 0 Å². The molecule has 1 aromatic heterocycles. The fourth-order valence-electron chi connectivity index (χ4n) is 2.81. The standard InChI is InChI=1S/C14H17AsN4O4/c1-22-4-2-3-14(10-5-8(21)9(6-20)23-10)11-12(15)16-7-17-13(11)18-19-14/h7-10,20-21H,4-6,15H2,1H3. The third-order valence-corrected chi connectivity index (χ3v) is 4.82. The molecule has 1 saturated heterocycles. The van der Waals surface area contributed by atoms with E-state index < -0.39 is 23.9 Å². The van der Waals surface area contributed by atoms with Crippen molar-refractivity contribution in [2.75, 3.05) is 20.3 Å². The van der Waals surface area contributed by atoms with E-state index in [1.165, 1.54) is 23.2 Å². The van der Waals surface area contributed by atoms with Gasteiger partial charge >= 0.3 is 141 Å². The predicted molar refractivity (Wildman–Crippen MR) is 82.4 cm³/mol. The Hall–Kier alpha value is -1.36. The van der Waals surface area contributed by atoms with E-state index in [2.05, 4.69) is 32.0 Å². The summed E-state index contributed by atoms with van der Waals surface area (Å²) in [4.78, 5) is 8.38. The topological polar surface area (TPSA) is 109 Å². The number of azo groups is 1. The quantitative estimate of drug-likeness (QED) is 0.473. The number of aliphatic hydroxyl groups is 2. The van der Waals surface area contributed by atoms with Crippen LogP contribution >= 0.6 is 0 Å². The molecular formula is C14H17AsN4O4. The second-order valence-electron chi connectivity index (χ2n) is 5.31. The van der Waals surface area contributed by atoms with Gasteiger partial charge in [0.05, 0.1) is 0 Å².